The van der Waals surface area contributed by atoms with Crippen molar-refractivity contribution >= 4 is 21.4 Å². The molecule has 0 fully saturated rings. The highest BCUT2D eigenvalue weighted by molar-refractivity contribution is 9.10. The van der Waals surface area contributed by atoms with Gasteiger partial charge in [-0.15, -0.1) is 0 Å². The molecule has 0 saturated heterocycles. The number of aromatic nitrogens is 2. The number of pyridine rings is 1. The quantitative estimate of drug-likeness (QED) is 0.940. The maximum Gasteiger partial charge on any atom is 0.132 e. The summed E-state index contributed by atoms with van der Waals surface area (Å²) in [5.41, 5.74) is 6.93. The number of imidazole rings is 1. The van der Waals surface area contributed by atoms with Gasteiger partial charge in [-0.1, -0.05) is 19.9 Å². The third kappa shape index (κ3) is 1.87. The molecule has 2 N–H and O–H groups in total. The first-order chi connectivity index (χ1) is 7.65. The Labute approximate surface area is 104 Å². The molecule has 2 rings (SSSR count). The molecule has 0 aliphatic heterocycles. The molecule has 2 heterocycles. The molecule has 0 radical (unpaired) electrons. The SMILES string of the molecule is CC(C)C(CN)c1nc(Br)c2ccccn12. The lowest BCUT2D eigenvalue weighted by Crippen LogP contribution is -2.20. The van der Waals surface area contributed by atoms with Crippen molar-refractivity contribution in [1.29, 1.82) is 0 Å². The number of fused-ring (bicyclic) bond motifs is 1. The van der Waals surface area contributed by atoms with Crippen molar-refractivity contribution in [3.8, 4) is 0 Å². The maximum absolute atomic E-state index is 5.84. The van der Waals surface area contributed by atoms with E-state index in [0.29, 0.717) is 18.4 Å². The van der Waals surface area contributed by atoms with E-state index in [-0.39, 0.29) is 0 Å². The van der Waals surface area contributed by atoms with Crippen molar-refractivity contribution < 1.29 is 0 Å². The summed E-state index contributed by atoms with van der Waals surface area (Å²) in [4.78, 5) is 4.58. The van der Waals surface area contributed by atoms with Crippen LogP contribution in [0.2, 0.25) is 0 Å². The Hall–Kier alpha value is -0.870. The van der Waals surface area contributed by atoms with Gasteiger partial charge in [0.1, 0.15) is 10.4 Å². The van der Waals surface area contributed by atoms with Gasteiger partial charge in [0, 0.05) is 18.7 Å². The third-order valence-electron chi connectivity index (χ3n) is 2.92. The van der Waals surface area contributed by atoms with Crippen LogP contribution in [0.4, 0.5) is 0 Å². The van der Waals surface area contributed by atoms with Crippen LogP contribution in [0.25, 0.3) is 5.52 Å². The molecule has 3 nitrogen and oxygen atoms in total. The monoisotopic (exact) mass is 281 g/mol. The van der Waals surface area contributed by atoms with Gasteiger partial charge in [0.05, 0.1) is 5.52 Å². The van der Waals surface area contributed by atoms with E-state index in [1.165, 1.54) is 0 Å². The lowest BCUT2D eigenvalue weighted by molar-refractivity contribution is 0.482. The molecule has 0 aliphatic carbocycles. The number of halogens is 1. The van der Waals surface area contributed by atoms with E-state index in [0.717, 1.165) is 15.9 Å². The Kier molecular flexibility index (Phi) is 3.30. The van der Waals surface area contributed by atoms with E-state index in [1.54, 1.807) is 0 Å². The fraction of sp³-hybridized carbons (Fsp3) is 0.417. The molecular formula is C12H16BrN3. The highest BCUT2D eigenvalue weighted by atomic mass is 79.9. The van der Waals surface area contributed by atoms with Gasteiger partial charge >= 0.3 is 0 Å². The van der Waals surface area contributed by atoms with Gasteiger partial charge < -0.3 is 10.1 Å². The van der Waals surface area contributed by atoms with Gasteiger partial charge in [0.25, 0.3) is 0 Å². The summed E-state index contributed by atoms with van der Waals surface area (Å²) in [7, 11) is 0. The molecule has 0 bridgehead atoms. The Balaban J connectivity index is 2.60. The van der Waals surface area contributed by atoms with Crippen LogP contribution < -0.4 is 5.73 Å². The second-order valence-corrected chi connectivity index (χ2v) is 5.05. The van der Waals surface area contributed by atoms with Gasteiger partial charge in [0.2, 0.25) is 0 Å². The van der Waals surface area contributed by atoms with Gasteiger partial charge in [-0.25, -0.2) is 4.98 Å². The van der Waals surface area contributed by atoms with Gasteiger partial charge in [-0.05, 0) is 34.0 Å². The second-order valence-electron chi connectivity index (χ2n) is 4.30. The molecule has 1 unspecified atom stereocenters. The normalized spacial score (nSPS) is 13.6. The highest BCUT2D eigenvalue weighted by Gasteiger charge is 2.20. The predicted molar refractivity (Wildman–Crippen MR) is 69.5 cm³/mol. The standard InChI is InChI=1S/C12H16BrN3/c1-8(2)9(7-14)12-15-11(13)10-5-3-4-6-16(10)12/h3-6,8-9H,7,14H2,1-2H3. The summed E-state index contributed by atoms with van der Waals surface area (Å²) in [6, 6.07) is 6.07. The Bertz CT molecular complexity index is 490. The van der Waals surface area contributed by atoms with Crippen LogP contribution in [0.5, 0.6) is 0 Å². The molecule has 4 heteroatoms. The van der Waals surface area contributed by atoms with Crippen LogP contribution in [-0.4, -0.2) is 15.9 Å². The summed E-state index contributed by atoms with van der Waals surface area (Å²) < 4.78 is 3.00. The van der Waals surface area contributed by atoms with Crippen LogP contribution in [0.1, 0.15) is 25.6 Å². The molecule has 0 aromatic carbocycles. The molecule has 1 atom stereocenters. The minimum Gasteiger partial charge on any atom is -0.330 e. The van der Waals surface area contributed by atoms with Crippen molar-refractivity contribution in [2.24, 2.45) is 11.7 Å². The zero-order chi connectivity index (χ0) is 11.7. The number of hydrogen-bond donors (Lipinski definition) is 1. The number of hydrogen-bond acceptors (Lipinski definition) is 2. The minimum atomic E-state index is 0.293. The van der Waals surface area contributed by atoms with Crippen LogP contribution in [-0.2, 0) is 0 Å². The largest absolute Gasteiger partial charge is 0.330 e. The zero-order valence-corrected chi connectivity index (χ0v) is 11.1. The summed E-state index contributed by atoms with van der Waals surface area (Å²) in [5, 5.41) is 0. The van der Waals surface area contributed by atoms with E-state index in [4.69, 9.17) is 5.73 Å². The van der Waals surface area contributed by atoms with E-state index >= 15 is 0 Å². The second kappa shape index (κ2) is 4.55. The highest BCUT2D eigenvalue weighted by Crippen LogP contribution is 2.27. The van der Waals surface area contributed by atoms with Crippen LogP contribution in [0.3, 0.4) is 0 Å². The smallest absolute Gasteiger partial charge is 0.132 e. The molecular weight excluding hydrogens is 266 g/mol. The topological polar surface area (TPSA) is 43.3 Å². The van der Waals surface area contributed by atoms with E-state index in [2.05, 4.69) is 45.2 Å². The molecule has 0 aliphatic rings. The van der Waals surface area contributed by atoms with Crippen molar-refractivity contribution in [1.82, 2.24) is 9.38 Å². The lowest BCUT2D eigenvalue weighted by Gasteiger charge is -2.17. The van der Waals surface area contributed by atoms with Crippen LogP contribution >= 0.6 is 15.9 Å². The van der Waals surface area contributed by atoms with Crippen molar-refractivity contribution in [3.05, 3.63) is 34.8 Å². The van der Waals surface area contributed by atoms with E-state index in [1.807, 2.05) is 18.3 Å². The van der Waals surface area contributed by atoms with Crippen LogP contribution in [0.15, 0.2) is 29.0 Å². The van der Waals surface area contributed by atoms with E-state index < -0.39 is 0 Å². The zero-order valence-electron chi connectivity index (χ0n) is 9.52. The summed E-state index contributed by atoms with van der Waals surface area (Å²) in [6.45, 7) is 4.98. The van der Waals surface area contributed by atoms with Crippen molar-refractivity contribution in [2.45, 2.75) is 19.8 Å². The molecule has 86 valence electrons. The van der Waals surface area contributed by atoms with Gasteiger partial charge in [0.15, 0.2) is 0 Å². The maximum atomic E-state index is 5.84. The Morgan fingerprint density at radius 2 is 2.19 bits per heavy atom. The number of rotatable bonds is 3. The van der Waals surface area contributed by atoms with Gasteiger partial charge in [-0.2, -0.15) is 0 Å². The van der Waals surface area contributed by atoms with Crippen LogP contribution in [0, 0.1) is 5.92 Å². The average Bonchev–Trinajstić information content (AvgIpc) is 2.58. The molecule has 2 aromatic rings. The predicted octanol–water partition coefficient (Wildman–Crippen LogP) is 2.80. The van der Waals surface area contributed by atoms with E-state index in [9.17, 15) is 0 Å². The number of nitrogens with zero attached hydrogens (tertiary/aromatic N) is 2. The fourth-order valence-corrected chi connectivity index (χ4v) is 2.46. The molecule has 0 spiro atoms. The van der Waals surface area contributed by atoms with Crippen molar-refractivity contribution in [2.75, 3.05) is 6.54 Å². The Morgan fingerprint density at radius 1 is 1.44 bits per heavy atom. The molecule has 2 aromatic heterocycles. The molecule has 0 saturated carbocycles. The van der Waals surface area contributed by atoms with Crippen molar-refractivity contribution in [3.63, 3.8) is 0 Å². The third-order valence-corrected chi connectivity index (χ3v) is 3.50. The summed E-state index contributed by atoms with van der Waals surface area (Å²) >= 11 is 3.49. The average molecular weight is 282 g/mol. The minimum absolute atomic E-state index is 0.293. The molecule has 16 heavy (non-hydrogen) atoms. The molecule has 0 amide bonds. The fourth-order valence-electron chi connectivity index (χ4n) is 1.96. The van der Waals surface area contributed by atoms with Gasteiger partial charge in [-0.3, -0.25) is 0 Å². The first kappa shape index (κ1) is 11.6. The Morgan fingerprint density at radius 3 is 2.81 bits per heavy atom. The first-order valence-electron chi connectivity index (χ1n) is 5.47. The summed E-state index contributed by atoms with van der Waals surface area (Å²) in [5.74, 6) is 1.82. The summed E-state index contributed by atoms with van der Waals surface area (Å²) in [6.07, 6.45) is 2.04. The number of nitrogens with two attached hydrogens (primary N) is 1. The first-order valence-corrected chi connectivity index (χ1v) is 6.27. The lowest BCUT2D eigenvalue weighted by atomic mass is 9.95.